The van der Waals surface area contributed by atoms with E-state index in [1.54, 1.807) is 32.0 Å². The summed E-state index contributed by atoms with van der Waals surface area (Å²) in [5.41, 5.74) is -0.408. The first-order valence-electron chi connectivity index (χ1n) is 10.7. The van der Waals surface area contributed by atoms with Crippen LogP contribution in [0.5, 0.6) is 5.75 Å². The first kappa shape index (κ1) is 26.0. The molecule has 1 heterocycles. The van der Waals surface area contributed by atoms with Crippen LogP contribution in [0.25, 0.3) is 10.9 Å². The van der Waals surface area contributed by atoms with Crippen molar-refractivity contribution in [3.63, 3.8) is 0 Å². The molecule has 0 unspecified atom stereocenters. The van der Waals surface area contributed by atoms with Gasteiger partial charge in [0.15, 0.2) is 6.61 Å². The van der Waals surface area contributed by atoms with E-state index in [4.69, 9.17) is 9.47 Å². The van der Waals surface area contributed by atoms with Crippen LogP contribution in [-0.2, 0) is 14.9 Å². The standard InChI is InChI=1S/C24H25BrN4O6/c1-14(2)35-21(30)13-34-20-9-7-17(29(32)33)10-15(20)12-26-28-22(31)18-11-16(25)6-8-19(18)27-23(28)24(3,4)5/h6-12,14H,13H2,1-5H3. The maximum atomic E-state index is 13.3. The normalized spacial score (nSPS) is 11.9. The fraction of sp³-hybridized carbons (Fsp3) is 0.333. The Morgan fingerprint density at radius 3 is 2.60 bits per heavy atom. The number of nitro benzene ring substituents is 1. The molecule has 2 aromatic carbocycles. The molecule has 0 aliphatic carbocycles. The molecule has 0 spiro atoms. The van der Waals surface area contributed by atoms with Crippen molar-refractivity contribution in [2.24, 2.45) is 5.10 Å². The van der Waals surface area contributed by atoms with E-state index in [2.05, 4.69) is 26.0 Å². The van der Waals surface area contributed by atoms with E-state index in [9.17, 15) is 19.7 Å². The molecule has 35 heavy (non-hydrogen) atoms. The maximum absolute atomic E-state index is 13.3. The zero-order valence-electron chi connectivity index (χ0n) is 19.9. The lowest BCUT2D eigenvalue weighted by Crippen LogP contribution is -2.29. The summed E-state index contributed by atoms with van der Waals surface area (Å²) in [6.07, 6.45) is 0.963. The third kappa shape index (κ3) is 6.30. The van der Waals surface area contributed by atoms with Crippen molar-refractivity contribution >= 4 is 44.7 Å². The highest BCUT2D eigenvalue weighted by molar-refractivity contribution is 9.10. The number of benzene rings is 2. The summed E-state index contributed by atoms with van der Waals surface area (Å²) in [6, 6.07) is 9.07. The lowest BCUT2D eigenvalue weighted by Gasteiger charge is -2.21. The van der Waals surface area contributed by atoms with Gasteiger partial charge in [0.1, 0.15) is 11.6 Å². The SMILES string of the molecule is CC(C)OC(=O)COc1ccc([N+](=O)[O-])cc1C=Nn1c(C(C)(C)C)nc2ccc(Br)cc2c1=O. The quantitative estimate of drug-likeness (QED) is 0.184. The van der Waals surface area contributed by atoms with Gasteiger partial charge in [0.2, 0.25) is 0 Å². The van der Waals surface area contributed by atoms with Gasteiger partial charge in [0.25, 0.3) is 11.2 Å². The number of carbonyl (C=O) groups is 1. The van der Waals surface area contributed by atoms with Crippen molar-refractivity contribution in [1.82, 2.24) is 9.66 Å². The average Bonchev–Trinajstić information content (AvgIpc) is 2.76. The van der Waals surface area contributed by atoms with Gasteiger partial charge in [-0.1, -0.05) is 36.7 Å². The Bertz CT molecular complexity index is 1370. The molecule has 10 nitrogen and oxygen atoms in total. The fourth-order valence-electron chi connectivity index (χ4n) is 3.18. The Kier molecular flexibility index (Phi) is 7.69. The second-order valence-electron chi connectivity index (χ2n) is 9.01. The topological polar surface area (TPSA) is 126 Å². The van der Waals surface area contributed by atoms with Gasteiger partial charge in [-0.05, 0) is 38.1 Å². The van der Waals surface area contributed by atoms with E-state index in [-0.39, 0.29) is 23.1 Å². The van der Waals surface area contributed by atoms with Gasteiger partial charge >= 0.3 is 5.97 Å². The van der Waals surface area contributed by atoms with E-state index in [1.165, 1.54) is 29.1 Å². The molecular formula is C24H25BrN4O6. The Hall–Kier alpha value is -3.60. The van der Waals surface area contributed by atoms with Crippen LogP contribution < -0.4 is 10.3 Å². The van der Waals surface area contributed by atoms with Crippen molar-refractivity contribution in [2.45, 2.75) is 46.1 Å². The molecule has 0 saturated heterocycles. The number of halogens is 1. The predicted octanol–water partition coefficient (Wildman–Crippen LogP) is 4.58. The minimum atomic E-state index is -0.586. The summed E-state index contributed by atoms with van der Waals surface area (Å²) >= 11 is 3.37. The molecule has 0 radical (unpaired) electrons. The van der Waals surface area contributed by atoms with Gasteiger partial charge < -0.3 is 9.47 Å². The first-order valence-corrected chi connectivity index (χ1v) is 11.5. The van der Waals surface area contributed by atoms with Gasteiger partial charge in [-0.25, -0.2) is 9.78 Å². The second-order valence-corrected chi connectivity index (χ2v) is 9.93. The smallest absolute Gasteiger partial charge is 0.344 e. The second kappa shape index (κ2) is 10.3. The number of rotatable bonds is 7. The van der Waals surface area contributed by atoms with Crippen molar-refractivity contribution in [3.05, 3.63) is 72.7 Å². The highest BCUT2D eigenvalue weighted by atomic mass is 79.9. The van der Waals surface area contributed by atoms with E-state index < -0.39 is 28.5 Å². The molecule has 0 amide bonds. The van der Waals surface area contributed by atoms with Crippen LogP contribution in [0.15, 0.2) is 50.8 Å². The summed E-state index contributed by atoms with van der Waals surface area (Å²) < 4.78 is 12.5. The zero-order valence-corrected chi connectivity index (χ0v) is 21.5. The first-order chi connectivity index (χ1) is 16.4. The molecule has 0 fully saturated rings. The van der Waals surface area contributed by atoms with Gasteiger partial charge in [0, 0.05) is 27.6 Å². The van der Waals surface area contributed by atoms with Crippen LogP contribution in [0.1, 0.15) is 46.0 Å². The number of non-ortho nitro benzene ring substituents is 1. The molecule has 0 aliphatic rings. The molecule has 0 N–H and O–H groups in total. The largest absolute Gasteiger partial charge is 0.481 e. The lowest BCUT2D eigenvalue weighted by molar-refractivity contribution is -0.384. The fourth-order valence-corrected chi connectivity index (χ4v) is 3.54. The van der Waals surface area contributed by atoms with E-state index in [0.717, 1.165) is 0 Å². The summed E-state index contributed by atoms with van der Waals surface area (Å²) in [7, 11) is 0. The molecule has 11 heteroatoms. The van der Waals surface area contributed by atoms with Crippen LogP contribution in [0.4, 0.5) is 5.69 Å². The molecule has 1 aromatic heterocycles. The Labute approximate surface area is 209 Å². The van der Waals surface area contributed by atoms with Gasteiger partial charge in [-0.3, -0.25) is 14.9 Å². The summed E-state index contributed by atoms with van der Waals surface area (Å²) in [5.74, 6) is -0.0133. The lowest BCUT2D eigenvalue weighted by atomic mass is 9.95. The minimum absolute atomic E-state index is 0.168. The number of fused-ring (bicyclic) bond motifs is 1. The van der Waals surface area contributed by atoms with Crippen molar-refractivity contribution in [2.75, 3.05) is 6.61 Å². The van der Waals surface area contributed by atoms with Gasteiger partial charge in [-0.2, -0.15) is 9.78 Å². The van der Waals surface area contributed by atoms with Crippen LogP contribution in [0, 0.1) is 10.1 Å². The Balaban J connectivity index is 2.11. The summed E-state index contributed by atoms with van der Waals surface area (Å²) in [5, 5.41) is 16.0. The Morgan fingerprint density at radius 1 is 1.26 bits per heavy atom. The molecule has 0 aliphatic heterocycles. The highest BCUT2D eigenvalue weighted by Gasteiger charge is 2.23. The van der Waals surface area contributed by atoms with Gasteiger partial charge in [-0.15, -0.1) is 0 Å². The molecule has 0 saturated carbocycles. The zero-order chi connectivity index (χ0) is 25.9. The van der Waals surface area contributed by atoms with Crippen LogP contribution in [0.3, 0.4) is 0 Å². The summed E-state index contributed by atoms with van der Waals surface area (Å²) in [6.45, 7) is 8.72. The number of nitro groups is 1. The number of aromatic nitrogens is 2. The van der Waals surface area contributed by atoms with E-state index in [1.807, 2.05) is 20.8 Å². The third-order valence-electron chi connectivity index (χ3n) is 4.71. The van der Waals surface area contributed by atoms with Crippen molar-refractivity contribution in [1.29, 1.82) is 0 Å². The average molecular weight is 545 g/mol. The molecule has 3 rings (SSSR count). The van der Waals surface area contributed by atoms with Crippen LogP contribution in [-0.4, -0.2) is 39.5 Å². The van der Waals surface area contributed by atoms with Crippen LogP contribution >= 0.6 is 15.9 Å². The number of hydrogen-bond donors (Lipinski definition) is 0. The van der Waals surface area contributed by atoms with Crippen molar-refractivity contribution < 1.29 is 19.2 Å². The Morgan fingerprint density at radius 2 is 1.97 bits per heavy atom. The highest BCUT2D eigenvalue weighted by Crippen LogP contribution is 2.25. The molecule has 0 atom stereocenters. The summed E-state index contributed by atoms with van der Waals surface area (Å²) in [4.78, 5) is 40.6. The van der Waals surface area contributed by atoms with Crippen molar-refractivity contribution in [3.8, 4) is 5.75 Å². The van der Waals surface area contributed by atoms with E-state index in [0.29, 0.717) is 21.2 Å². The maximum Gasteiger partial charge on any atom is 0.344 e. The number of nitrogens with zero attached hydrogens (tertiary/aromatic N) is 4. The molecule has 3 aromatic rings. The number of ether oxygens (including phenoxy) is 2. The van der Waals surface area contributed by atoms with E-state index >= 15 is 0 Å². The van der Waals surface area contributed by atoms with Crippen LogP contribution in [0.2, 0.25) is 0 Å². The molecular weight excluding hydrogens is 520 g/mol. The minimum Gasteiger partial charge on any atom is -0.481 e. The number of hydrogen-bond acceptors (Lipinski definition) is 8. The molecule has 184 valence electrons. The molecule has 0 bridgehead atoms. The predicted molar refractivity (Wildman–Crippen MR) is 135 cm³/mol. The number of carbonyl (C=O) groups excluding carboxylic acids is 1. The van der Waals surface area contributed by atoms with Gasteiger partial charge in [0.05, 0.1) is 28.1 Å². The monoisotopic (exact) mass is 544 g/mol. The number of esters is 1. The third-order valence-corrected chi connectivity index (χ3v) is 5.20.